The number of esters is 1. The fourth-order valence-corrected chi connectivity index (χ4v) is 2.12. The minimum absolute atomic E-state index is 0.113. The van der Waals surface area contributed by atoms with Gasteiger partial charge in [-0.3, -0.25) is 4.79 Å². The highest BCUT2D eigenvalue weighted by atomic mass is 16.5. The van der Waals surface area contributed by atoms with Gasteiger partial charge in [0.1, 0.15) is 0 Å². The van der Waals surface area contributed by atoms with Crippen LogP contribution >= 0.6 is 0 Å². The number of nitrogens with one attached hydrogen (secondary N) is 1. The van der Waals surface area contributed by atoms with Crippen LogP contribution in [0.3, 0.4) is 0 Å². The summed E-state index contributed by atoms with van der Waals surface area (Å²) in [6.45, 7) is 14.3. The van der Waals surface area contributed by atoms with Gasteiger partial charge in [0, 0.05) is 6.04 Å². The first-order valence-electron chi connectivity index (χ1n) is 6.77. The third-order valence-corrected chi connectivity index (χ3v) is 3.19. The monoisotopic (exact) mass is 243 g/mol. The van der Waals surface area contributed by atoms with E-state index in [4.69, 9.17) is 4.74 Å². The van der Waals surface area contributed by atoms with E-state index < -0.39 is 0 Å². The maximum Gasteiger partial charge on any atom is 0.307 e. The molecule has 0 aromatic rings. The lowest BCUT2D eigenvalue weighted by molar-refractivity contribution is -0.143. The van der Waals surface area contributed by atoms with Crippen LogP contribution < -0.4 is 5.32 Å². The summed E-state index contributed by atoms with van der Waals surface area (Å²) in [5, 5.41) is 3.43. The lowest BCUT2D eigenvalue weighted by Crippen LogP contribution is -2.36. The summed E-state index contributed by atoms with van der Waals surface area (Å²) in [5.41, 5.74) is 0. The van der Waals surface area contributed by atoms with Crippen LogP contribution in [0.25, 0.3) is 0 Å². The number of hydrogen-bond donors (Lipinski definition) is 1. The van der Waals surface area contributed by atoms with Crippen LogP contribution in [-0.2, 0) is 9.53 Å². The first kappa shape index (κ1) is 16.4. The molecule has 0 aliphatic heterocycles. The van der Waals surface area contributed by atoms with Crippen molar-refractivity contribution < 1.29 is 9.53 Å². The van der Waals surface area contributed by atoms with Crippen molar-refractivity contribution in [3.63, 3.8) is 0 Å². The Morgan fingerprint density at radius 3 is 2.06 bits per heavy atom. The Bertz CT molecular complexity index is 206. The molecule has 0 aromatic carbocycles. The van der Waals surface area contributed by atoms with Crippen LogP contribution in [-0.4, -0.2) is 25.2 Å². The van der Waals surface area contributed by atoms with Crippen molar-refractivity contribution in [3.05, 3.63) is 0 Å². The van der Waals surface area contributed by atoms with Crippen LogP contribution in [0.2, 0.25) is 0 Å². The Morgan fingerprint density at radius 1 is 1.12 bits per heavy atom. The van der Waals surface area contributed by atoms with Gasteiger partial charge in [0.05, 0.1) is 13.0 Å². The van der Waals surface area contributed by atoms with E-state index in [1.807, 2.05) is 13.8 Å². The lowest BCUT2D eigenvalue weighted by Gasteiger charge is -2.26. The highest BCUT2D eigenvalue weighted by molar-refractivity contribution is 5.69. The minimum atomic E-state index is -0.113. The number of carbonyl (C=O) groups excluding carboxylic acids is 1. The lowest BCUT2D eigenvalue weighted by atomic mass is 9.85. The van der Waals surface area contributed by atoms with Crippen molar-refractivity contribution in [2.45, 2.75) is 54.0 Å². The number of ether oxygens (including phenoxy) is 1. The molecule has 1 N–H and O–H groups in total. The third-order valence-electron chi connectivity index (χ3n) is 3.19. The molecule has 0 aliphatic rings. The molecule has 0 amide bonds. The molecule has 0 rings (SSSR count). The van der Waals surface area contributed by atoms with Crippen molar-refractivity contribution >= 4 is 5.97 Å². The van der Waals surface area contributed by atoms with Gasteiger partial charge in [0.2, 0.25) is 0 Å². The first-order chi connectivity index (χ1) is 7.88. The summed E-state index contributed by atoms with van der Waals surface area (Å²) < 4.78 is 4.94. The summed E-state index contributed by atoms with van der Waals surface area (Å²) >= 11 is 0. The third kappa shape index (κ3) is 7.37. The molecule has 102 valence electrons. The average Bonchev–Trinajstić information content (AvgIpc) is 2.16. The molecule has 0 saturated heterocycles. The molecule has 0 spiro atoms. The van der Waals surface area contributed by atoms with Crippen LogP contribution in [0.1, 0.15) is 48.0 Å². The smallest absolute Gasteiger partial charge is 0.307 e. The molecule has 0 saturated carbocycles. The van der Waals surface area contributed by atoms with E-state index in [0.29, 0.717) is 30.8 Å². The Kier molecular flexibility index (Phi) is 8.23. The van der Waals surface area contributed by atoms with Gasteiger partial charge in [-0.15, -0.1) is 0 Å². The Balaban J connectivity index is 3.96. The molecule has 0 bridgehead atoms. The molecule has 3 nitrogen and oxygen atoms in total. The fraction of sp³-hybridized carbons (Fsp3) is 0.929. The second kappa shape index (κ2) is 8.51. The highest BCUT2D eigenvalue weighted by Gasteiger charge is 2.18. The summed E-state index contributed by atoms with van der Waals surface area (Å²) in [7, 11) is 0. The number of carbonyl (C=O) groups is 1. The van der Waals surface area contributed by atoms with Crippen LogP contribution in [0.4, 0.5) is 0 Å². The second-order valence-electron chi connectivity index (χ2n) is 5.47. The Labute approximate surface area is 106 Å². The van der Waals surface area contributed by atoms with E-state index >= 15 is 0 Å². The summed E-state index contributed by atoms with van der Waals surface area (Å²) in [6, 6.07) is 0.189. The Morgan fingerprint density at radius 2 is 1.65 bits per heavy atom. The van der Waals surface area contributed by atoms with Gasteiger partial charge in [0.25, 0.3) is 0 Å². The Hall–Kier alpha value is -0.570. The average molecular weight is 243 g/mol. The molecule has 1 atom stereocenters. The van der Waals surface area contributed by atoms with Crippen molar-refractivity contribution in [1.82, 2.24) is 5.32 Å². The van der Waals surface area contributed by atoms with Gasteiger partial charge >= 0.3 is 5.97 Å². The summed E-state index contributed by atoms with van der Waals surface area (Å²) in [4.78, 5) is 11.3. The maximum absolute atomic E-state index is 11.3. The predicted molar refractivity (Wildman–Crippen MR) is 71.9 cm³/mol. The van der Waals surface area contributed by atoms with E-state index in [-0.39, 0.29) is 12.0 Å². The van der Waals surface area contributed by atoms with E-state index in [1.165, 1.54) is 0 Å². The van der Waals surface area contributed by atoms with Crippen molar-refractivity contribution in [2.24, 2.45) is 17.8 Å². The molecule has 3 heteroatoms. The van der Waals surface area contributed by atoms with Gasteiger partial charge in [0.15, 0.2) is 0 Å². The second-order valence-corrected chi connectivity index (χ2v) is 5.47. The molecule has 0 aliphatic carbocycles. The van der Waals surface area contributed by atoms with Gasteiger partial charge in [-0.05, 0) is 38.1 Å². The van der Waals surface area contributed by atoms with Crippen molar-refractivity contribution in [3.8, 4) is 0 Å². The van der Waals surface area contributed by atoms with Gasteiger partial charge in [-0.1, -0.05) is 27.7 Å². The molecular weight excluding hydrogens is 214 g/mol. The fourth-order valence-electron chi connectivity index (χ4n) is 2.12. The SMILES string of the molecule is CCOC(=O)CC(C)NCC(C(C)C)C(C)C. The number of hydrogen-bond acceptors (Lipinski definition) is 3. The molecular formula is C14H29NO2. The van der Waals surface area contributed by atoms with Gasteiger partial charge in [-0.2, -0.15) is 0 Å². The van der Waals surface area contributed by atoms with Crippen LogP contribution in [0.15, 0.2) is 0 Å². The summed E-state index contributed by atoms with van der Waals surface area (Å²) in [6.07, 6.45) is 0.455. The van der Waals surface area contributed by atoms with E-state index in [1.54, 1.807) is 0 Å². The van der Waals surface area contributed by atoms with E-state index in [9.17, 15) is 4.79 Å². The van der Waals surface area contributed by atoms with Crippen molar-refractivity contribution in [1.29, 1.82) is 0 Å². The number of rotatable bonds is 8. The van der Waals surface area contributed by atoms with Crippen LogP contribution in [0, 0.1) is 17.8 Å². The normalized spacial score (nSPS) is 13.5. The molecule has 0 heterocycles. The van der Waals surface area contributed by atoms with Gasteiger partial charge in [-0.25, -0.2) is 0 Å². The van der Waals surface area contributed by atoms with Crippen molar-refractivity contribution in [2.75, 3.05) is 13.2 Å². The maximum atomic E-state index is 11.3. The predicted octanol–water partition coefficient (Wildman–Crippen LogP) is 2.85. The largest absolute Gasteiger partial charge is 0.466 e. The molecule has 1 unspecified atom stereocenters. The molecule has 0 radical (unpaired) electrons. The molecule has 0 fully saturated rings. The van der Waals surface area contributed by atoms with Crippen LogP contribution in [0.5, 0.6) is 0 Å². The highest BCUT2D eigenvalue weighted by Crippen LogP contribution is 2.19. The minimum Gasteiger partial charge on any atom is -0.466 e. The van der Waals surface area contributed by atoms with E-state index in [0.717, 1.165) is 6.54 Å². The zero-order chi connectivity index (χ0) is 13.4. The quantitative estimate of drug-likeness (QED) is 0.666. The zero-order valence-corrected chi connectivity index (χ0v) is 12.2. The van der Waals surface area contributed by atoms with E-state index in [2.05, 4.69) is 33.0 Å². The molecule has 17 heavy (non-hydrogen) atoms. The molecule has 0 aromatic heterocycles. The first-order valence-corrected chi connectivity index (χ1v) is 6.77. The zero-order valence-electron chi connectivity index (χ0n) is 12.2. The topological polar surface area (TPSA) is 38.3 Å². The van der Waals surface area contributed by atoms with Gasteiger partial charge < -0.3 is 10.1 Å². The summed E-state index contributed by atoms with van der Waals surface area (Å²) in [5.74, 6) is 1.87. The standard InChI is InChI=1S/C14H29NO2/c1-7-17-14(16)8-12(6)15-9-13(10(2)3)11(4)5/h10-13,15H,7-9H2,1-6H3.